The van der Waals surface area contributed by atoms with Crippen molar-refractivity contribution in [2.45, 2.75) is 20.4 Å². The van der Waals surface area contributed by atoms with E-state index in [9.17, 15) is 0 Å². The zero-order chi connectivity index (χ0) is 11.5. The molecule has 2 rings (SSSR count). The largest absolute Gasteiger partial charge is 0.444 e. The zero-order valence-corrected chi connectivity index (χ0v) is 9.45. The van der Waals surface area contributed by atoms with Gasteiger partial charge in [-0.1, -0.05) is 6.07 Å². The topological polar surface area (TPSA) is 64.1 Å². The number of oxazole rings is 1. The molecule has 0 atom stereocenters. The fraction of sp³-hybridized carbons (Fsp3) is 0.250. The molecular formula is C12H15N3O. The Labute approximate surface area is 94.5 Å². The molecule has 2 aromatic rings. The second-order valence-corrected chi connectivity index (χ2v) is 3.79. The summed E-state index contributed by atoms with van der Waals surface area (Å²) in [6.07, 6.45) is 1.71. The molecule has 0 unspecified atom stereocenters. The lowest BCUT2D eigenvalue weighted by molar-refractivity contribution is 0.479. The minimum atomic E-state index is 0.568. The smallest absolute Gasteiger partial charge is 0.213 e. The van der Waals surface area contributed by atoms with Crippen LogP contribution in [-0.2, 0) is 6.54 Å². The Morgan fingerprint density at radius 1 is 1.38 bits per heavy atom. The van der Waals surface area contributed by atoms with Gasteiger partial charge in [-0.3, -0.25) is 0 Å². The maximum Gasteiger partial charge on any atom is 0.213 e. The summed E-state index contributed by atoms with van der Waals surface area (Å²) in [6, 6.07) is 5.78. The predicted octanol–water partition coefficient (Wildman–Crippen LogP) is 2.49. The van der Waals surface area contributed by atoms with Gasteiger partial charge in [-0.15, -0.1) is 0 Å². The van der Waals surface area contributed by atoms with Crippen molar-refractivity contribution in [2.24, 2.45) is 0 Å². The maximum atomic E-state index is 5.72. The first kappa shape index (κ1) is 10.5. The molecular weight excluding hydrogens is 202 g/mol. The molecule has 1 heterocycles. The Morgan fingerprint density at radius 2 is 2.19 bits per heavy atom. The number of aromatic nitrogens is 1. The average molecular weight is 217 g/mol. The van der Waals surface area contributed by atoms with Crippen molar-refractivity contribution >= 4 is 11.4 Å². The van der Waals surface area contributed by atoms with Crippen LogP contribution in [0.4, 0.5) is 11.4 Å². The van der Waals surface area contributed by atoms with Crippen molar-refractivity contribution in [3.63, 3.8) is 0 Å². The summed E-state index contributed by atoms with van der Waals surface area (Å²) in [6.45, 7) is 4.48. The van der Waals surface area contributed by atoms with Gasteiger partial charge >= 0.3 is 0 Å². The SMILES string of the molecule is Cc1cnc(CNc2cc(N)ccc2C)o1. The highest BCUT2D eigenvalue weighted by atomic mass is 16.4. The van der Waals surface area contributed by atoms with E-state index >= 15 is 0 Å². The monoisotopic (exact) mass is 217 g/mol. The summed E-state index contributed by atoms with van der Waals surface area (Å²) in [5, 5.41) is 3.25. The van der Waals surface area contributed by atoms with Crippen LogP contribution in [0.1, 0.15) is 17.2 Å². The molecule has 4 nitrogen and oxygen atoms in total. The van der Waals surface area contributed by atoms with Crippen LogP contribution in [0.25, 0.3) is 0 Å². The first-order valence-electron chi connectivity index (χ1n) is 5.16. The molecule has 0 spiro atoms. The second-order valence-electron chi connectivity index (χ2n) is 3.79. The summed E-state index contributed by atoms with van der Waals surface area (Å²) >= 11 is 0. The highest BCUT2D eigenvalue weighted by Gasteiger charge is 2.02. The molecule has 3 N–H and O–H groups in total. The molecule has 0 saturated heterocycles. The zero-order valence-electron chi connectivity index (χ0n) is 9.45. The molecule has 0 amide bonds. The van der Waals surface area contributed by atoms with Gasteiger partial charge in [-0.25, -0.2) is 4.98 Å². The van der Waals surface area contributed by atoms with E-state index in [0.717, 1.165) is 22.7 Å². The van der Waals surface area contributed by atoms with Crippen LogP contribution in [0.15, 0.2) is 28.8 Å². The molecule has 84 valence electrons. The van der Waals surface area contributed by atoms with Crippen LogP contribution < -0.4 is 11.1 Å². The summed E-state index contributed by atoms with van der Waals surface area (Å²) in [7, 11) is 0. The fourth-order valence-corrected chi connectivity index (χ4v) is 1.48. The van der Waals surface area contributed by atoms with Crippen molar-refractivity contribution in [1.29, 1.82) is 0 Å². The Kier molecular flexibility index (Phi) is 2.81. The van der Waals surface area contributed by atoms with Gasteiger partial charge in [0.1, 0.15) is 5.76 Å². The number of nitrogens with one attached hydrogen (secondary N) is 1. The summed E-state index contributed by atoms with van der Waals surface area (Å²) in [5.74, 6) is 1.50. The predicted molar refractivity (Wildman–Crippen MR) is 64.2 cm³/mol. The number of benzene rings is 1. The molecule has 1 aromatic carbocycles. The maximum absolute atomic E-state index is 5.72. The van der Waals surface area contributed by atoms with E-state index in [-0.39, 0.29) is 0 Å². The fourth-order valence-electron chi connectivity index (χ4n) is 1.48. The van der Waals surface area contributed by atoms with Crippen molar-refractivity contribution in [2.75, 3.05) is 11.1 Å². The Morgan fingerprint density at radius 3 is 2.88 bits per heavy atom. The lowest BCUT2D eigenvalue weighted by Crippen LogP contribution is -2.01. The van der Waals surface area contributed by atoms with E-state index in [2.05, 4.69) is 10.3 Å². The first-order valence-corrected chi connectivity index (χ1v) is 5.16. The third-order valence-electron chi connectivity index (χ3n) is 2.36. The number of anilines is 2. The van der Waals surface area contributed by atoms with Gasteiger partial charge in [0.05, 0.1) is 12.7 Å². The lowest BCUT2D eigenvalue weighted by Gasteiger charge is -2.08. The highest BCUT2D eigenvalue weighted by molar-refractivity contribution is 5.59. The van der Waals surface area contributed by atoms with Gasteiger partial charge in [0.15, 0.2) is 0 Å². The molecule has 0 bridgehead atoms. The molecule has 0 aliphatic carbocycles. The third-order valence-corrected chi connectivity index (χ3v) is 2.36. The molecule has 0 radical (unpaired) electrons. The molecule has 0 aliphatic heterocycles. The van der Waals surface area contributed by atoms with Crippen LogP contribution in [0, 0.1) is 13.8 Å². The number of aryl methyl sites for hydroxylation is 2. The number of hydrogen-bond donors (Lipinski definition) is 2. The molecule has 1 aromatic heterocycles. The lowest BCUT2D eigenvalue weighted by atomic mass is 10.2. The third kappa shape index (κ3) is 2.34. The van der Waals surface area contributed by atoms with Crippen LogP contribution in [-0.4, -0.2) is 4.98 Å². The van der Waals surface area contributed by atoms with E-state index in [4.69, 9.17) is 10.2 Å². The van der Waals surface area contributed by atoms with Gasteiger partial charge < -0.3 is 15.5 Å². The Hall–Kier alpha value is -1.97. The van der Waals surface area contributed by atoms with E-state index in [1.54, 1.807) is 6.20 Å². The van der Waals surface area contributed by atoms with Gasteiger partial charge in [-0.2, -0.15) is 0 Å². The van der Waals surface area contributed by atoms with E-state index in [0.29, 0.717) is 12.4 Å². The minimum Gasteiger partial charge on any atom is -0.444 e. The van der Waals surface area contributed by atoms with E-state index < -0.39 is 0 Å². The quantitative estimate of drug-likeness (QED) is 0.775. The number of nitrogens with zero attached hydrogens (tertiary/aromatic N) is 1. The summed E-state index contributed by atoms with van der Waals surface area (Å²) in [5.41, 5.74) is 8.63. The highest BCUT2D eigenvalue weighted by Crippen LogP contribution is 2.18. The normalized spacial score (nSPS) is 10.4. The van der Waals surface area contributed by atoms with Gasteiger partial charge in [0, 0.05) is 11.4 Å². The summed E-state index contributed by atoms with van der Waals surface area (Å²) < 4.78 is 5.37. The number of hydrogen-bond acceptors (Lipinski definition) is 4. The second kappa shape index (κ2) is 4.26. The standard InChI is InChI=1S/C12H15N3O/c1-8-3-4-10(13)5-11(8)14-7-12-15-6-9(2)16-12/h3-6,14H,7,13H2,1-2H3. The minimum absolute atomic E-state index is 0.568. The van der Waals surface area contributed by atoms with Gasteiger partial charge in [0.25, 0.3) is 0 Å². The Bertz CT molecular complexity index is 491. The molecule has 0 saturated carbocycles. The molecule has 0 aliphatic rings. The van der Waals surface area contributed by atoms with Gasteiger partial charge in [-0.05, 0) is 31.5 Å². The first-order chi connectivity index (χ1) is 7.65. The van der Waals surface area contributed by atoms with E-state index in [1.807, 2.05) is 32.0 Å². The van der Waals surface area contributed by atoms with Crippen molar-refractivity contribution in [3.8, 4) is 0 Å². The summed E-state index contributed by atoms with van der Waals surface area (Å²) in [4.78, 5) is 4.12. The van der Waals surface area contributed by atoms with Crippen LogP contribution >= 0.6 is 0 Å². The Balaban J connectivity index is 2.07. The van der Waals surface area contributed by atoms with Crippen LogP contribution in [0.5, 0.6) is 0 Å². The number of rotatable bonds is 3. The van der Waals surface area contributed by atoms with Crippen molar-refractivity contribution in [3.05, 3.63) is 41.6 Å². The van der Waals surface area contributed by atoms with Crippen LogP contribution in [0.3, 0.4) is 0 Å². The van der Waals surface area contributed by atoms with Crippen molar-refractivity contribution < 1.29 is 4.42 Å². The average Bonchev–Trinajstić information content (AvgIpc) is 2.66. The van der Waals surface area contributed by atoms with Crippen LogP contribution in [0.2, 0.25) is 0 Å². The van der Waals surface area contributed by atoms with Crippen molar-refractivity contribution in [1.82, 2.24) is 4.98 Å². The molecule has 0 fully saturated rings. The van der Waals surface area contributed by atoms with E-state index in [1.165, 1.54) is 0 Å². The molecule has 4 heteroatoms. The molecule has 16 heavy (non-hydrogen) atoms. The van der Waals surface area contributed by atoms with Gasteiger partial charge in [0.2, 0.25) is 5.89 Å². The number of nitrogens with two attached hydrogens (primary N) is 1. The number of nitrogen functional groups attached to an aromatic ring is 1.